The molecule has 1 aromatic carbocycles. The number of carbonyl (C=O) groups is 2. The number of nitrogens with zero attached hydrogens (tertiary/aromatic N) is 3. The van der Waals surface area contributed by atoms with Gasteiger partial charge in [0.2, 0.25) is 5.91 Å². The van der Waals surface area contributed by atoms with E-state index in [0.717, 1.165) is 0 Å². The van der Waals surface area contributed by atoms with Crippen LogP contribution in [0.3, 0.4) is 0 Å². The zero-order chi connectivity index (χ0) is 18.7. The summed E-state index contributed by atoms with van der Waals surface area (Å²) >= 11 is 1.28. The molecule has 136 valence electrons. The number of cyclic esters (lactones) is 1. The fourth-order valence-corrected chi connectivity index (χ4v) is 3.34. The van der Waals surface area contributed by atoms with Gasteiger partial charge in [-0.25, -0.2) is 9.18 Å². The molecule has 0 bridgehead atoms. The van der Waals surface area contributed by atoms with Crippen molar-refractivity contribution >= 4 is 35.1 Å². The van der Waals surface area contributed by atoms with E-state index in [-0.39, 0.29) is 19.0 Å². The van der Waals surface area contributed by atoms with Crippen molar-refractivity contribution in [3.63, 3.8) is 0 Å². The van der Waals surface area contributed by atoms with E-state index in [4.69, 9.17) is 4.74 Å². The van der Waals surface area contributed by atoms with Gasteiger partial charge < -0.3 is 10.1 Å². The van der Waals surface area contributed by atoms with Crippen molar-refractivity contribution in [2.24, 2.45) is 0 Å². The molecule has 1 aliphatic heterocycles. The lowest BCUT2D eigenvalue weighted by Crippen LogP contribution is -2.33. The normalized spacial score (nSPS) is 17.0. The number of halogens is 1. The molecule has 7 nitrogen and oxygen atoms in total. The Balaban J connectivity index is 1.76. The Labute approximate surface area is 153 Å². The minimum atomic E-state index is -0.571. The maximum Gasteiger partial charge on any atom is 0.414 e. The second-order valence-corrected chi connectivity index (χ2v) is 6.67. The molecule has 0 spiro atoms. The van der Waals surface area contributed by atoms with Crippen LogP contribution >= 0.6 is 11.3 Å². The summed E-state index contributed by atoms with van der Waals surface area (Å²) in [5.74, 6) is -0.701. The van der Waals surface area contributed by atoms with Gasteiger partial charge in [-0.3, -0.25) is 9.69 Å². The molecule has 2 amide bonds. The highest BCUT2D eigenvalue weighted by atomic mass is 32.1. The first kappa shape index (κ1) is 18.0. The summed E-state index contributed by atoms with van der Waals surface area (Å²) in [6.07, 6.45) is 2.59. The highest BCUT2D eigenvalue weighted by molar-refractivity contribution is 7.15. The highest BCUT2D eigenvalue weighted by Crippen LogP contribution is 2.31. The van der Waals surface area contributed by atoms with Crippen molar-refractivity contribution in [2.75, 3.05) is 18.0 Å². The fourth-order valence-electron chi connectivity index (χ4n) is 2.49. The zero-order valence-electron chi connectivity index (χ0n) is 14.2. The summed E-state index contributed by atoms with van der Waals surface area (Å²) in [7, 11) is 0. The first-order valence-corrected chi connectivity index (χ1v) is 8.78. The monoisotopic (exact) mass is 376 g/mol. The number of hydrogen-bond donors (Lipinski definition) is 1. The third kappa shape index (κ3) is 3.88. The van der Waals surface area contributed by atoms with E-state index < -0.39 is 18.0 Å². The topological polar surface area (TPSA) is 84.4 Å². The Morgan fingerprint density at radius 3 is 3.00 bits per heavy atom. The van der Waals surface area contributed by atoms with Crippen LogP contribution in [0.4, 0.5) is 14.9 Å². The number of carbonyl (C=O) groups excluding carboxylic acids is 2. The lowest BCUT2D eigenvalue weighted by Gasteiger charge is -2.14. The van der Waals surface area contributed by atoms with Crippen LogP contribution in [-0.4, -0.2) is 41.4 Å². The third-order valence-electron chi connectivity index (χ3n) is 3.70. The van der Waals surface area contributed by atoms with Crippen molar-refractivity contribution in [2.45, 2.75) is 20.0 Å². The molecule has 2 heterocycles. The summed E-state index contributed by atoms with van der Waals surface area (Å²) in [6, 6.07) is 4.48. The summed E-state index contributed by atoms with van der Waals surface area (Å²) < 4.78 is 19.7. The first-order chi connectivity index (χ1) is 12.5. The molecule has 3 rings (SSSR count). The number of anilines is 1. The van der Waals surface area contributed by atoms with Crippen molar-refractivity contribution in [1.29, 1.82) is 0 Å². The average molecular weight is 376 g/mol. The minimum Gasteiger partial charge on any atom is -0.442 e. The molecular weight excluding hydrogens is 359 g/mol. The van der Waals surface area contributed by atoms with Gasteiger partial charge in [-0.15, -0.1) is 10.2 Å². The summed E-state index contributed by atoms with van der Waals surface area (Å²) in [6.45, 7) is 3.71. The lowest BCUT2D eigenvalue weighted by molar-refractivity contribution is -0.119. The highest BCUT2D eigenvalue weighted by Gasteiger charge is 2.32. The van der Waals surface area contributed by atoms with E-state index in [1.54, 1.807) is 18.2 Å². The molecular formula is C17H17FN4O3S. The number of nitrogens with one attached hydrogen (secondary N) is 1. The van der Waals surface area contributed by atoms with E-state index in [1.807, 2.05) is 13.0 Å². The van der Waals surface area contributed by atoms with E-state index in [9.17, 15) is 14.0 Å². The number of amides is 2. The predicted octanol–water partition coefficient (Wildman–Crippen LogP) is 2.84. The van der Waals surface area contributed by atoms with Crippen LogP contribution in [0.15, 0.2) is 24.3 Å². The fraction of sp³-hybridized carbons (Fsp3) is 0.294. The van der Waals surface area contributed by atoms with E-state index in [2.05, 4.69) is 15.5 Å². The number of benzene rings is 1. The van der Waals surface area contributed by atoms with Crippen LogP contribution in [0.5, 0.6) is 0 Å². The molecule has 0 saturated carbocycles. The van der Waals surface area contributed by atoms with Gasteiger partial charge in [0, 0.05) is 12.5 Å². The smallest absolute Gasteiger partial charge is 0.414 e. The van der Waals surface area contributed by atoms with E-state index >= 15 is 0 Å². The molecule has 1 saturated heterocycles. The molecule has 26 heavy (non-hydrogen) atoms. The second-order valence-electron chi connectivity index (χ2n) is 5.66. The maximum absolute atomic E-state index is 14.5. The average Bonchev–Trinajstić information content (AvgIpc) is 3.20. The number of aromatic nitrogens is 2. The quantitative estimate of drug-likeness (QED) is 0.867. The van der Waals surface area contributed by atoms with Crippen LogP contribution in [0.25, 0.3) is 16.6 Å². The summed E-state index contributed by atoms with van der Waals surface area (Å²) in [4.78, 5) is 24.3. The van der Waals surface area contributed by atoms with Gasteiger partial charge >= 0.3 is 6.09 Å². The Morgan fingerprint density at radius 1 is 1.50 bits per heavy atom. The van der Waals surface area contributed by atoms with E-state index in [1.165, 1.54) is 29.2 Å². The van der Waals surface area contributed by atoms with Crippen molar-refractivity contribution < 1.29 is 18.7 Å². The maximum atomic E-state index is 14.5. The molecule has 2 aromatic rings. The number of hydrogen-bond acceptors (Lipinski definition) is 6. The predicted molar refractivity (Wildman–Crippen MR) is 96.3 cm³/mol. The van der Waals surface area contributed by atoms with Crippen LogP contribution in [0, 0.1) is 5.82 Å². The van der Waals surface area contributed by atoms with E-state index in [0.29, 0.717) is 21.3 Å². The van der Waals surface area contributed by atoms with Gasteiger partial charge in [0.05, 0.1) is 18.8 Å². The molecule has 1 atom stereocenters. The van der Waals surface area contributed by atoms with Gasteiger partial charge in [-0.1, -0.05) is 17.4 Å². The van der Waals surface area contributed by atoms with Gasteiger partial charge in [0.1, 0.15) is 16.9 Å². The second kappa shape index (κ2) is 7.61. The van der Waals surface area contributed by atoms with Crippen molar-refractivity contribution in [3.8, 4) is 10.6 Å². The van der Waals surface area contributed by atoms with Crippen molar-refractivity contribution in [1.82, 2.24) is 15.5 Å². The molecule has 0 aliphatic carbocycles. The van der Waals surface area contributed by atoms with Gasteiger partial charge in [-0.05, 0) is 31.2 Å². The molecule has 1 aromatic heterocycles. The Morgan fingerprint density at radius 2 is 2.31 bits per heavy atom. The zero-order valence-corrected chi connectivity index (χ0v) is 15.0. The SMILES string of the molecule is CC=Cc1nnc(-c2ccc(N3CC(CNC(C)=O)OC3=O)cc2F)s1. The van der Waals surface area contributed by atoms with Crippen molar-refractivity contribution in [3.05, 3.63) is 35.1 Å². The van der Waals surface area contributed by atoms with Crippen LogP contribution < -0.4 is 10.2 Å². The summed E-state index contributed by atoms with van der Waals surface area (Å²) in [5.41, 5.74) is 0.712. The number of allylic oxidation sites excluding steroid dienone is 1. The molecule has 1 N–H and O–H groups in total. The Bertz CT molecular complexity index is 867. The molecule has 0 radical (unpaired) electrons. The van der Waals surface area contributed by atoms with Gasteiger partial charge in [0.25, 0.3) is 0 Å². The number of rotatable bonds is 5. The summed E-state index contributed by atoms with van der Waals surface area (Å²) in [5, 5.41) is 11.7. The molecule has 1 unspecified atom stereocenters. The number of ether oxygens (including phenoxy) is 1. The lowest BCUT2D eigenvalue weighted by atomic mass is 10.2. The largest absolute Gasteiger partial charge is 0.442 e. The Kier molecular flexibility index (Phi) is 5.27. The molecule has 9 heteroatoms. The van der Waals surface area contributed by atoms with Crippen LogP contribution in [0.1, 0.15) is 18.9 Å². The van der Waals surface area contributed by atoms with Crippen LogP contribution in [0.2, 0.25) is 0 Å². The minimum absolute atomic E-state index is 0.204. The third-order valence-corrected chi connectivity index (χ3v) is 4.62. The molecule has 1 fully saturated rings. The van der Waals surface area contributed by atoms with Crippen LogP contribution in [-0.2, 0) is 9.53 Å². The first-order valence-electron chi connectivity index (χ1n) is 7.96. The Hall–Kier alpha value is -2.81. The van der Waals surface area contributed by atoms with Gasteiger partial charge in [0.15, 0.2) is 5.01 Å². The standard InChI is InChI=1S/C17H17FN4O3S/c1-3-4-15-20-21-16(26-15)13-6-5-11(7-14(13)18)22-9-12(25-17(22)24)8-19-10(2)23/h3-7,12H,8-9H2,1-2H3,(H,19,23). The van der Waals surface area contributed by atoms with Gasteiger partial charge in [-0.2, -0.15) is 0 Å². The molecule has 1 aliphatic rings.